The average molecular weight is 431 g/mol. The Hall–Kier alpha value is -2.48. The van der Waals surface area contributed by atoms with Crippen LogP contribution in [0.2, 0.25) is 10.0 Å². The number of rotatable bonds is 4. The van der Waals surface area contributed by atoms with E-state index in [2.05, 4.69) is 32.4 Å². The maximum atomic E-state index is 12.7. The van der Waals surface area contributed by atoms with Crippen LogP contribution >= 0.6 is 23.2 Å². The fourth-order valence-electron chi connectivity index (χ4n) is 3.30. The lowest BCUT2D eigenvalue weighted by atomic mass is 10.1. The van der Waals surface area contributed by atoms with Gasteiger partial charge >= 0.3 is 6.03 Å². The number of aromatic nitrogens is 4. The van der Waals surface area contributed by atoms with Crippen molar-refractivity contribution < 1.29 is 4.79 Å². The fraction of sp³-hybridized carbons (Fsp3) is 0.300. The summed E-state index contributed by atoms with van der Waals surface area (Å²) in [6, 6.07) is 15.3. The van der Waals surface area contributed by atoms with Gasteiger partial charge in [-0.15, -0.1) is 10.2 Å². The molecule has 1 saturated heterocycles. The molecule has 1 aliphatic rings. The Kier molecular flexibility index (Phi) is 6.08. The first-order valence-corrected chi connectivity index (χ1v) is 10.1. The molecule has 7 nitrogen and oxygen atoms in total. The largest absolute Gasteiger partial charge is 0.363 e. The molecule has 150 valence electrons. The van der Waals surface area contributed by atoms with Crippen molar-refractivity contribution in [3.63, 3.8) is 0 Å². The van der Waals surface area contributed by atoms with Crippen LogP contribution in [0.1, 0.15) is 17.0 Å². The van der Waals surface area contributed by atoms with Gasteiger partial charge in [0, 0.05) is 49.2 Å². The van der Waals surface area contributed by atoms with Gasteiger partial charge < -0.3 is 4.90 Å². The summed E-state index contributed by atoms with van der Waals surface area (Å²) in [6.07, 6.45) is 0.383. The van der Waals surface area contributed by atoms with Crippen molar-refractivity contribution in [3.8, 4) is 0 Å². The van der Waals surface area contributed by atoms with Crippen LogP contribution in [-0.2, 0) is 13.0 Å². The fourth-order valence-corrected chi connectivity index (χ4v) is 3.77. The Labute approximate surface area is 178 Å². The molecule has 0 spiro atoms. The molecule has 2 aromatic carbocycles. The van der Waals surface area contributed by atoms with Crippen LogP contribution < -0.4 is 0 Å². The molecule has 0 bridgehead atoms. The summed E-state index contributed by atoms with van der Waals surface area (Å²) in [7, 11) is 0. The van der Waals surface area contributed by atoms with Crippen molar-refractivity contribution in [3.05, 3.63) is 75.5 Å². The minimum Gasteiger partial charge on any atom is -0.319 e. The molecule has 0 aliphatic carbocycles. The summed E-state index contributed by atoms with van der Waals surface area (Å²) >= 11 is 12.1. The Morgan fingerprint density at radius 3 is 2.48 bits per heavy atom. The lowest BCUT2D eigenvalue weighted by molar-refractivity contribution is 0.132. The highest BCUT2D eigenvalue weighted by atomic mass is 35.5. The number of carbonyl (C=O) groups excluding carboxylic acids is 1. The average Bonchev–Trinajstić information content (AvgIpc) is 3.20. The maximum Gasteiger partial charge on any atom is 0.363 e. The van der Waals surface area contributed by atoms with Crippen LogP contribution in [0.3, 0.4) is 0 Å². The molecule has 1 aromatic heterocycles. The number of carbonyl (C=O) groups is 1. The van der Waals surface area contributed by atoms with Crippen LogP contribution in [0.15, 0.2) is 48.5 Å². The van der Waals surface area contributed by atoms with Crippen LogP contribution in [0.25, 0.3) is 0 Å². The van der Waals surface area contributed by atoms with E-state index in [9.17, 15) is 4.79 Å². The summed E-state index contributed by atoms with van der Waals surface area (Å²) in [6.45, 7) is 3.76. The third kappa shape index (κ3) is 4.93. The van der Waals surface area contributed by atoms with Crippen LogP contribution in [0.5, 0.6) is 0 Å². The van der Waals surface area contributed by atoms with E-state index in [4.69, 9.17) is 23.2 Å². The van der Waals surface area contributed by atoms with Crippen molar-refractivity contribution in [1.29, 1.82) is 0 Å². The summed E-state index contributed by atoms with van der Waals surface area (Å²) in [5.74, 6) is 0.435. The van der Waals surface area contributed by atoms with Gasteiger partial charge in [-0.3, -0.25) is 4.90 Å². The molecule has 0 atom stereocenters. The second-order valence-electron chi connectivity index (χ2n) is 6.94. The van der Waals surface area contributed by atoms with Crippen LogP contribution in [-0.4, -0.2) is 62.2 Å². The van der Waals surface area contributed by atoms with Gasteiger partial charge in [0.25, 0.3) is 0 Å². The molecule has 0 saturated carbocycles. The molecule has 0 N–H and O–H groups in total. The molecule has 29 heavy (non-hydrogen) atoms. The minimum absolute atomic E-state index is 0.259. The highest BCUT2D eigenvalue weighted by Crippen LogP contribution is 2.22. The standard InChI is InChI=1S/C20H20Cl2N6O/c21-17-7-6-16(18(22)13-17)12-19-23-25-28(24-19)20(29)27-10-8-26(9-11-27)14-15-4-2-1-3-5-15/h1-7,13H,8-12,14H2. The van der Waals surface area contributed by atoms with Gasteiger partial charge in [-0.05, 0) is 28.5 Å². The quantitative estimate of drug-likeness (QED) is 0.634. The highest BCUT2D eigenvalue weighted by Gasteiger charge is 2.24. The van der Waals surface area contributed by atoms with E-state index in [-0.39, 0.29) is 6.03 Å². The Morgan fingerprint density at radius 1 is 1.00 bits per heavy atom. The van der Waals surface area contributed by atoms with E-state index in [0.717, 1.165) is 30.0 Å². The summed E-state index contributed by atoms with van der Waals surface area (Å²) in [5.41, 5.74) is 2.10. The first-order chi connectivity index (χ1) is 14.1. The second-order valence-corrected chi connectivity index (χ2v) is 7.78. The first kappa shape index (κ1) is 19.8. The monoisotopic (exact) mass is 430 g/mol. The number of amides is 1. The third-order valence-corrected chi connectivity index (χ3v) is 5.47. The van der Waals surface area contributed by atoms with Crippen LogP contribution in [0.4, 0.5) is 4.79 Å². The van der Waals surface area contributed by atoms with E-state index in [1.165, 1.54) is 5.56 Å². The lowest BCUT2D eigenvalue weighted by Crippen LogP contribution is -2.49. The zero-order valence-electron chi connectivity index (χ0n) is 15.7. The van der Waals surface area contributed by atoms with Crippen molar-refractivity contribution >= 4 is 29.2 Å². The van der Waals surface area contributed by atoms with Crippen molar-refractivity contribution in [2.75, 3.05) is 26.2 Å². The molecule has 0 unspecified atom stereocenters. The SMILES string of the molecule is O=C(N1CCN(Cc2ccccc2)CC1)n1nnc(Cc2ccc(Cl)cc2Cl)n1. The number of hydrogen-bond acceptors (Lipinski definition) is 5. The number of nitrogens with zero attached hydrogens (tertiary/aromatic N) is 6. The lowest BCUT2D eigenvalue weighted by Gasteiger charge is -2.34. The van der Waals surface area contributed by atoms with Crippen LogP contribution in [0, 0.1) is 0 Å². The van der Waals surface area contributed by atoms with E-state index in [0.29, 0.717) is 35.4 Å². The van der Waals surface area contributed by atoms with E-state index < -0.39 is 0 Å². The summed E-state index contributed by atoms with van der Waals surface area (Å²) in [5, 5.41) is 13.2. The maximum absolute atomic E-state index is 12.7. The van der Waals surface area contributed by atoms with Gasteiger partial charge in [0.1, 0.15) is 0 Å². The molecular formula is C20H20Cl2N6O. The second kappa shape index (κ2) is 8.90. The minimum atomic E-state index is -0.259. The number of tetrazole rings is 1. The van der Waals surface area contributed by atoms with Gasteiger partial charge in [0.15, 0.2) is 5.82 Å². The highest BCUT2D eigenvalue weighted by molar-refractivity contribution is 6.35. The zero-order chi connectivity index (χ0) is 20.2. The van der Waals surface area contributed by atoms with Gasteiger partial charge in [0.2, 0.25) is 0 Å². The van der Waals surface area contributed by atoms with Gasteiger partial charge in [0.05, 0.1) is 0 Å². The van der Waals surface area contributed by atoms with Crippen molar-refractivity contribution in [2.24, 2.45) is 0 Å². The number of benzene rings is 2. The summed E-state index contributed by atoms with van der Waals surface area (Å²) < 4.78 is 0. The zero-order valence-corrected chi connectivity index (χ0v) is 17.2. The van der Waals surface area contributed by atoms with Crippen molar-refractivity contribution in [1.82, 2.24) is 30.0 Å². The number of hydrogen-bond donors (Lipinski definition) is 0. The van der Waals surface area contributed by atoms with Gasteiger partial charge in [-0.25, -0.2) is 4.79 Å². The molecular weight excluding hydrogens is 411 g/mol. The Morgan fingerprint density at radius 2 is 1.76 bits per heavy atom. The number of piperazine rings is 1. The molecule has 1 aliphatic heterocycles. The van der Waals surface area contributed by atoms with E-state index in [1.54, 1.807) is 17.0 Å². The molecule has 4 rings (SSSR count). The molecule has 1 amide bonds. The van der Waals surface area contributed by atoms with E-state index in [1.807, 2.05) is 24.3 Å². The van der Waals surface area contributed by atoms with Gasteiger partial charge in [-0.2, -0.15) is 0 Å². The third-order valence-electron chi connectivity index (χ3n) is 4.88. The van der Waals surface area contributed by atoms with Gasteiger partial charge in [-0.1, -0.05) is 64.4 Å². The molecule has 3 aromatic rings. The predicted molar refractivity (Wildman–Crippen MR) is 111 cm³/mol. The van der Waals surface area contributed by atoms with E-state index >= 15 is 0 Å². The summed E-state index contributed by atoms with van der Waals surface area (Å²) in [4.78, 5) is 17.9. The normalized spacial score (nSPS) is 14.9. The Balaban J connectivity index is 1.33. The first-order valence-electron chi connectivity index (χ1n) is 9.37. The smallest absolute Gasteiger partial charge is 0.319 e. The molecule has 1 fully saturated rings. The topological polar surface area (TPSA) is 67.2 Å². The Bertz CT molecular complexity index is 986. The molecule has 2 heterocycles. The number of halogens is 2. The molecule has 9 heteroatoms. The molecule has 0 radical (unpaired) electrons. The predicted octanol–water partition coefficient (Wildman–Crippen LogP) is 3.36. The van der Waals surface area contributed by atoms with Crippen molar-refractivity contribution in [2.45, 2.75) is 13.0 Å².